The molecule has 0 radical (unpaired) electrons. The second kappa shape index (κ2) is 9.11. The van der Waals surface area contributed by atoms with Gasteiger partial charge in [-0.2, -0.15) is 5.10 Å². The maximum Gasteiger partial charge on any atom is 0.341 e. The number of benzene rings is 2. The number of nitrogens with two attached hydrogens (primary N) is 1. The number of hydrogen-bond acceptors (Lipinski definition) is 4. The minimum atomic E-state index is -0.829. The molecule has 31 heavy (non-hydrogen) atoms. The van der Waals surface area contributed by atoms with Gasteiger partial charge in [0, 0.05) is 26.5 Å². The van der Waals surface area contributed by atoms with Gasteiger partial charge in [0.25, 0.3) is 0 Å². The number of nitrogens with zero attached hydrogens (tertiary/aromatic N) is 3. The van der Waals surface area contributed by atoms with Crippen LogP contribution < -0.4 is 5.73 Å². The molecule has 2 aliphatic rings. The van der Waals surface area contributed by atoms with Crippen LogP contribution >= 0.6 is 0 Å². The predicted octanol–water partition coefficient (Wildman–Crippen LogP) is 3.71. The molecule has 8 heteroatoms. The van der Waals surface area contributed by atoms with Crippen molar-refractivity contribution in [3.8, 4) is 0 Å². The number of hydrogen-bond donors (Lipinski definition) is 1. The van der Waals surface area contributed by atoms with Gasteiger partial charge in [-0.3, -0.25) is 0 Å². The van der Waals surface area contributed by atoms with Gasteiger partial charge in [-0.05, 0) is 43.1 Å². The highest BCUT2D eigenvalue weighted by Gasteiger charge is 2.48. The van der Waals surface area contributed by atoms with Gasteiger partial charge in [0.2, 0.25) is 0 Å². The first-order chi connectivity index (χ1) is 15.0. The molecule has 1 saturated heterocycles. The largest absolute Gasteiger partial charge is 0.378 e. The lowest BCUT2D eigenvalue weighted by molar-refractivity contribution is 0.0292. The maximum atomic E-state index is 14.6. The Balaban J connectivity index is 0.00000289. The van der Waals surface area contributed by atoms with Crippen molar-refractivity contribution < 1.29 is 19.7 Å². The Bertz CT molecular complexity index is 970. The first-order valence-electron chi connectivity index (χ1n) is 10.5. The summed E-state index contributed by atoms with van der Waals surface area (Å²) in [7, 11) is 0. The van der Waals surface area contributed by atoms with E-state index in [4.69, 9.17) is 10.5 Å². The highest BCUT2D eigenvalue weighted by molar-refractivity contribution is 6.04. The third-order valence-corrected chi connectivity index (χ3v) is 5.89. The van der Waals surface area contributed by atoms with Crippen LogP contribution in [-0.2, 0) is 10.3 Å². The number of amides is 2. The number of hydrazone groups is 1. The summed E-state index contributed by atoms with van der Waals surface area (Å²) < 4.78 is 33.9. The van der Waals surface area contributed by atoms with Crippen molar-refractivity contribution in [3.05, 3.63) is 71.3 Å². The van der Waals surface area contributed by atoms with Crippen LogP contribution in [0.25, 0.3) is 0 Å². The average molecular weight is 430 g/mol. The standard InChI is InChI=1S/C23H26F2N4O2.H2/c24-18-7-8-20(25)19(15-18)21-16-23(9-4-10-26,17-5-2-1-3-6-17)29(27-21)22(30)28-11-13-31-14-12-28;/h1-3,5-8,15H,4,9-14,16,26H2;1H. The molecule has 2 aromatic carbocycles. The molecule has 6 nitrogen and oxygen atoms in total. The SMILES string of the molecule is NCCCC1(c2ccccc2)CC(c2cc(F)ccc2F)=NN1C(=O)N1CCOCC1.[HH]. The van der Waals surface area contributed by atoms with Gasteiger partial charge < -0.3 is 15.4 Å². The molecule has 2 heterocycles. The van der Waals surface area contributed by atoms with Crippen molar-refractivity contribution in [2.45, 2.75) is 24.8 Å². The zero-order chi connectivity index (χ0) is 21.8. The maximum absolute atomic E-state index is 14.6. The topological polar surface area (TPSA) is 71.2 Å². The molecule has 0 aliphatic carbocycles. The zero-order valence-electron chi connectivity index (χ0n) is 17.3. The Morgan fingerprint density at radius 3 is 2.61 bits per heavy atom. The van der Waals surface area contributed by atoms with Crippen molar-refractivity contribution in [3.63, 3.8) is 0 Å². The van der Waals surface area contributed by atoms with Gasteiger partial charge in [-0.1, -0.05) is 30.3 Å². The molecule has 166 valence electrons. The summed E-state index contributed by atoms with van der Waals surface area (Å²) in [5, 5.41) is 6.05. The summed E-state index contributed by atoms with van der Waals surface area (Å²) in [6, 6.07) is 12.6. The molecule has 0 bridgehead atoms. The number of ether oxygens (including phenoxy) is 1. The molecule has 1 fully saturated rings. The molecular formula is C23H28F2N4O2. The molecule has 4 rings (SSSR count). The third kappa shape index (κ3) is 4.18. The fourth-order valence-corrected chi connectivity index (χ4v) is 4.29. The summed E-state index contributed by atoms with van der Waals surface area (Å²) in [4.78, 5) is 15.3. The molecular weight excluding hydrogens is 402 g/mol. The minimum absolute atomic E-state index is 0. The van der Waals surface area contributed by atoms with Crippen LogP contribution in [0.2, 0.25) is 0 Å². The van der Waals surface area contributed by atoms with Crippen LogP contribution in [0.15, 0.2) is 53.6 Å². The van der Waals surface area contributed by atoms with Crippen molar-refractivity contribution in [2.24, 2.45) is 10.8 Å². The predicted molar refractivity (Wildman–Crippen MR) is 116 cm³/mol. The zero-order valence-corrected chi connectivity index (χ0v) is 17.3. The third-order valence-electron chi connectivity index (χ3n) is 5.89. The van der Waals surface area contributed by atoms with Gasteiger partial charge in [-0.15, -0.1) is 0 Å². The Labute approximate surface area is 181 Å². The molecule has 0 spiro atoms. The second-order valence-electron chi connectivity index (χ2n) is 7.83. The van der Waals surface area contributed by atoms with Crippen LogP contribution in [0.5, 0.6) is 0 Å². The van der Waals surface area contributed by atoms with E-state index >= 15 is 0 Å². The van der Waals surface area contributed by atoms with E-state index in [9.17, 15) is 13.6 Å². The lowest BCUT2D eigenvalue weighted by Gasteiger charge is -2.40. The normalized spacial score (nSPS) is 21.3. The number of carbonyl (C=O) groups is 1. The van der Waals surface area contributed by atoms with Crippen LogP contribution in [0, 0.1) is 11.6 Å². The first-order valence-corrected chi connectivity index (χ1v) is 10.5. The van der Waals surface area contributed by atoms with E-state index in [1.165, 1.54) is 5.01 Å². The summed E-state index contributed by atoms with van der Waals surface area (Å²) in [6.07, 6.45) is 1.47. The smallest absolute Gasteiger partial charge is 0.341 e. The number of morpholine rings is 1. The van der Waals surface area contributed by atoms with Crippen molar-refractivity contribution in [1.29, 1.82) is 0 Å². The van der Waals surface area contributed by atoms with Crippen molar-refractivity contribution >= 4 is 11.7 Å². The summed E-state index contributed by atoms with van der Waals surface area (Å²) in [5.74, 6) is -1.12. The molecule has 0 aromatic heterocycles. The summed E-state index contributed by atoms with van der Waals surface area (Å²) in [6.45, 7) is 2.26. The monoisotopic (exact) mass is 430 g/mol. The van der Waals surface area contributed by atoms with Crippen LogP contribution in [0.3, 0.4) is 0 Å². The second-order valence-corrected chi connectivity index (χ2v) is 7.83. The van der Waals surface area contributed by atoms with Gasteiger partial charge in [-0.25, -0.2) is 18.6 Å². The van der Waals surface area contributed by atoms with Crippen molar-refractivity contribution in [2.75, 3.05) is 32.8 Å². The highest BCUT2D eigenvalue weighted by Crippen LogP contribution is 2.43. The fourth-order valence-electron chi connectivity index (χ4n) is 4.29. The van der Waals surface area contributed by atoms with Gasteiger partial charge in [0.1, 0.15) is 11.6 Å². The Morgan fingerprint density at radius 1 is 1.16 bits per heavy atom. The molecule has 1 unspecified atom stereocenters. The number of rotatable bonds is 5. The van der Waals surface area contributed by atoms with Crippen LogP contribution in [0.4, 0.5) is 13.6 Å². The number of carbonyl (C=O) groups excluding carboxylic acids is 1. The summed E-state index contributed by atoms with van der Waals surface area (Å²) >= 11 is 0. The minimum Gasteiger partial charge on any atom is -0.378 e. The highest BCUT2D eigenvalue weighted by atomic mass is 19.1. The molecule has 0 saturated carbocycles. The van der Waals surface area contributed by atoms with Gasteiger partial charge in [0.15, 0.2) is 0 Å². The van der Waals surface area contributed by atoms with Crippen molar-refractivity contribution in [1.82, 2.24) is 9.91 Å². The Morgan fingerprint density at radius 2 is 1.90 bits per heavy atom. The molecule has 2 N–H and O–H groups in total. The lowest BCUT2D eigenvalue weighted by atomic mass is 9.80. The van der Waals surface area contributed by atoms with E-state index in [0.29, 0.717) is 51.4 Å². The quantitative estimate of drug-likeness (QED) is 0.786. The number of urea groups is 1. The molecule has 2 aromatic rings. The Hall–Kier alpha value is -2.84. The Kier molecular flexibility index (Phi) is 6.29. The fraction of sp³-hybridized carbons (Fsp3) is 0.391. The summed E-state index contributed by atoms with van der Waals surface area (Å²) in [5.41, 5.74) is 6.30. The van der Waals surface area contributed by atoms with Gasteiger partial charge >= 0.3 is 6.03 Å². The van der Waals surface area contributed by atoms with E-state index in [-0.39, 0.29) is 19.4 Å². The van der Waals surface area contributed by atoms with Crippen LogP contribution in [0.1, 0.15) is 31.8 Å². The average Bonchev–Trinajstić information content (AvgIpc) is 3.20. The lowest BCUT2D eigenvalue weighted by Crippen LogP contribution is -2.52. The molecule has 2 amide bonds. The molecule has 1 atom stereocenters. The molecule has 2 aliphatic heterocycles. The van der Waals surface area contributed by atoms with Gasteiger partial charge in [0.05, 0.1) is 24.5 Å². The van der Waals surface area contributed by atoms with E-state index in [1.54, 1.807) is 4.90 Å². The van der Waals surface area contributed by atoms with E-state index < -0.39 is 17.2 Å². The van der Waals surface area contributed by atoms with E-state index in [0.717, 1.165) is 23.8 Å². The number of halogens is 2. The van der Waals surface area contributed by atoms with Crippen LogP contribution in [-0.4, -0.2) is 54.5 Å². The van der Waals surface area contributed by atoms with E-state index in [1.807, 2.05) is 30.3 Å². The first kappa shape index (κ1) is 21.4. The van der Waals surface area contributed by atoms with E-state index in [2.05, 4.69) is 5.10 Å².